The smallest absolute Gasteiger partial charge is 0.285 e. The van der Waals surface area contributed by atoms with Crippen molar-refractivity contribution in [3.63, 3.8) is 0 Å². The van der Waals surface area contributed by atoms with Crippen molar-refractivity contribution in [2.45, 2.75) is 36.6 Å². The molecule has 1 saturated heterocycles. The Morgan fingerprint density at radius 3 is 2.95 bits per heavy atom. The van der Waals surface area contributed by atoms with E-state index in [2.05, 4.69) is 9.30 Å². The van der Waals surface area contributed by atoms with Crippen molar-refractivity contribution in [3.8, 4) is 0 Å². The predicted octanol–water partition coefficient (Wildman–Crippen LogP) is 1.34. The highest BCUT2D eigenvalue weighted by atomic mass is 32.2. The summed E-state index contributed by atoms with van der Waals surface area (Å²) in [5.74, 6) is 0.625. The zero-order chi connectivity index (χ0) is 14.2. The molecular formula is C14H19N3O2S. The topological polar surface area (TPSA) is 75.8 Å². The summed E-state index contributed by atoms with van der Waals surface area (Å²) < 4.78 is 28.2. The van der Waals surface area contributed by atoms with Gasteiger partial charge in [0.1, 0.15) is 4.90 Å². The van der Waals surface area contributed by atoms with E-state index in [1.165, 1.54) is 0 Å². The molecule has 1 atom stereocenters. The molecule has 2 heterocycles. The average molecular weight is 293 g/mol. The lowest BCUT2D eigenvalue weighted by Gasteiger charge is -2.26. The van der Waals surface area contributed by atoms with E-state index in [0.717, 1.165) is 37.8 Å². The highest BCUT2D eigenvalue weighted by Gasteiger charge is 2.35. The van der Waals surface area contributed by atoms with Crippen molar-refractivity contribution >= 4 is 15.9 Å². The van der Waals surface area contributed by atoms with Crippen LogP contribution in [0.4, 0.5) is 0 Å². The number of hydrogen-bond donors (Lipinski definition) is 1. The summed E-state index contributed by atoms with van der Waals surface area (Å²) in [6.45, 7) is 1.55. The van der Waals surface area contributed by atoms with Crippen LogP contribution in [0.25, 0.3) is 0 Å². The largest absolute Gasteiger partial charge is 0.352 e. The second kappa shape index (κ2) is 5.18. The van der Waals surface area contributed by atoms with Gasteiger partial charge in [0.2, 0.25) is 0 Å². The van der Waals surface area contributed by atoms with Crippen LogP contribution in [0, 0.1) is 0 Å². The molecule has 0 spiro atoms. The van der Waals surface area contributed by atoms with Crippen LogP contribution in [-0.4, -0.2) is 38.3 Å². The van der Waals surface area contributed by atoms with Gasteiger partial charge in [0.15, 0.2) is 5.84 Å². The third-order valence-electron chi connectivity index (χ3n) is 4.00. The maximum atomic E-state index is 12.1. The number of likely N-dealkylation sites (tertiary alicyclic amines) is 1. The van der Waals surface area contributed by atoms with Gasteiger partial charge < -0.3 is 10.6 Å². The Morgan fingerprint density at radius 2 is 2.15 bits per heavy atom. The fourth-order valence-electron chi connectivity index (χ4n) is 3.06. The van der Waals surface area contributed by atoms with Gasteiger partial charge in [-0.1, -0.05) is 12.1 Å². The minimum atomic E-state index is -3.51. The van der Waals surface area contributed by atoms with Gasteiger partial charge in [0.25, 0.3) is 10.0 Å². The molecule has 3 rings (SSSR count). The summed E-state index contributed by atoms with van der Waals surface area (Å²) in [6.07, 6.45) is 4.12. The first-order valence-corrected chi connectivity index (χ1v) is 8.48. The summed E-state index contributed by atoms with van der Waals surface area (Å²) in [4.78, 5) is 2.48. The van der Waals surface area contributed by atoms with Crippen LogP contribution < -0.4 is 5.73 Å². The van der Waals surface area contributed by atoms with Gasteiger partial charge in [-0.25, -0.2) is 0 Å². The minimum Gasteiger partial charge on any atom is -0.352 e. The molecule has 0 radical (unpaired) electrons. The van der Waals surface area contributed by atoms with Crippen molar-refractivity contribution in [1.29, 1.82) is 0 Å². The molecule has 0 aliphatic carbocycles. The van der Waals surface area contributed by atoms with Crippen LogP contribution >= 0.6 is 0 Å². The van der Waals surface area contributed by atoms with E-state index in [1.807, 2.05) is 12.1 Å². The molecule has 0 aromatic heterocycles. The molecule has 2 aliphatic rings. The van der Waals surface area contributed by atoms with E-state index in [1.54, 1.807) is 12.1 Å². The molecule has 0 bridgehead atoms. The van der Waals surface area contributed by atoms with Crippen molar-refractivity contribution in [2.75, 3.05) is 13.1 Å². The number of benzene rings is 1. The number of amidine groups is 1. The van der Waals surface area contributed by atoms with E-state index in [4.69, 9.17) is 5.73 Å². The molecule has 1 fully saturated rings. The monoisotopic (exact) mass is 293 g/mol. The van der Waals surface area contributed by atoms with Crippen LogP contribution in [-0.2, 0) is 10.0 Å². The molecule has 0 amide bonds. The highest BCUT2D eigenvalue weighted by Crippen LogP contribution is 2.32. The molecule has 0 saturated carbocycles. The quantitative estimate of drug-likeness (QED) is 0.912. The number of fused-ring (bicyclic) bond motifs is 1. The number of nitrogens with two attached hydrogens (primary N) is 1. The fourth-order valence-corrected chi connectivity index (χ4v) is 4.28. The first kappa shape index (κ1) is 13.6. The lowest BCUT2D eigenvalue weighted by Crippen LogP contribution is -2.35. The molecule has 2 N–H and O–H groups in total. The van der Waals surface area contributed by atoms with Crippen LogP contribution in [0.5, 0.6) is 0 Å². The second-order valence-corrected chi connectivity index (χ2v) is 6.88. The SMILES string of the molecule is NCCCC1CCCN1C1=NS(=O)(=O)c2ccccc21. The molecule has 6 heteroatoms. The van der Waals surface area contributed by atoms with E-state index in [0.29, 0.717) is 23.3 Å². The minimum absolute atomic E-state index is 0.333. The van der Waals surface area contributed by atoms with Gasteiger partial charge in [-0.3, -0.25) is 0 Å². The van der Waals surface area contributed by atoms with Crippen molar-refractivity contribution < 1.29 is 8.42 Å². The average Bonchev–Trinajstić information content (AvgIpc) is 3.00. The Kier molecular flexibility index (Phi) is 3.52. The summed E-state index contributed by atoms with van der Waals surface area (Å²) in [5, 5.41) is 0. The first-order chi connectivity index (χ1) is 9.63. The Labute approximate surface area is 119 Å². The Balaban J connectivity index is 1.95. The van der Waals surface area contributed by atoms with Crippen molar-refractivity contribution in [3.05, 3.63) is 29.8 Å². The van der Waals surface area contributed by atoms with Crippen LogP contribution in [0.3, 0.4) is 0 Å². The van der Waals surface area contributed by atoms with Crippen molar-refractivity contribution in [2.24, 2.45) is 10.1 Å². The van der Waals surface area contributed by atoms with Crippen molar-refractivity contribution in [1.82, 2.24) is 4.90 Å². The third kappa shape index (κ3) is 2.23. The molecule has 2 aliphatic heterocycles. The first-order valence-electron chi connectivity index (χ1n) is 7.04. The Hall–Kier alpha value is -1.40. The van der Waals surface area contributed by atoms with E-state index >= 15 is 0 Å². The van der Waals surface area contributed by atoms with Gasteiger partial charge >= 0.3 is 0 Å². The van der Waals surface area contributed by atoms with Gasteiger partial charge in [-0.05, 0) is 44.4 Å². The zero-order valence-electron chi connectivity index (χ0n) is 11.3. The number of sulfonamides is 1. The van der Waals surface area contributed by atoms with Crippen LogP contribution in [0.1, 0.15) is 31.2 Å². The van der Waals surface area contributed by atoms with Crippen LogP contribution in [0.15, 0.2) is 33.6 Å². The highest BCUT2D eigenvalue weighted by molar-refractivity contribution is 7.90. The summed E-state index contributed by atoms with van der Waals surface area (Å²) in [6, 6.07) is 7.44. The Morgan fingerprint density at radius 1 is 1.35 bits per heavy atom. The number of nitrogens with zero attached hydrogens (tertiary/aromatic N) is 2. The molecule has 1 aromatic carbocycles. The third-order valence-corrected chi connectivity index (χ3v) is 5.33. The van der Waals surface area contributed by atoms with Gasteiger partial charge in [-0.2, -0.15) is 8.42 Å². The standard InChI is InChI=1S/C14H19N3O2S/c15-9-3-5-11-6-4-10-17(11)14-12-7-1-2-8-13(12)20(18,19)16-14/h1-2,7-8,11H,3-6,9-10,15H2. The van der Waals surface area contributed by atoms with E-state index in [9.17, 15) is 8.42 Å². The Bertz CT molecular complexity index is 640. The number of rotatable bonds is 3. The maximum absolute atomic E-state index is 12.1. The van der Waals surface area contributed by atoms with Gasteiger partial charge in [0.05, 0.1) is 0 Å². The zero-order valence-corrected chi connectivity index (χ0v) is 12.1. The summed E-state index contributed by atoms with van der Waals surface area (Å²) in [7, 11) is -3.51. The lowest BCUT2D eigenvalue weighted by atomic mass is 10.1. The van der Waals surface area contributed by atoms with Crippen LogP contribution in [0.2, 0.25) is 0 Å². The molecule has 5 nitrogen and oxygen atoms in total. The van der Waals surface area contributed by atoms with E-state index < -0.39 is 10.0 Å². The molecule has 108 valence electrons. The summed E-state index contributed by atoms with van der Waals surface area (Å²) in [5.41, 5.74) is 6.32. The molecular weight excluding hydrogens is 274 g/mol. The summed E-state index contributed by atoms with van der Waals surface area (Å²) >= 11 is 0. The molecule has 1 unspecified atom stereocenters. The van der Waals surface area contributed by atoms with E-state index in [-0.39, 0.29) is 0 Å². The lowest BCUT2D eigenvalue weighted by molar-refractivity contribution is 0.364. The second-order valence-electron chi connectivity index (χ2n) is 5.31. The maximum Gasteiger partial charge on any atom is 0.285 e. The molecule has 1 aromatic rings. The van der Waals surface area contributed by atoms with Gasteiger partial charge in [0, 0.05) is 18.2 Å². The van der Waals surface area contributed by atoms with Gasteiger partial charge in [-0.15, -0.1) is 4.40 Å². The number of hydrogen-bond acceptors (Lipinski definition) is 4. The normalized spacial score (nSPS) is 23.8. The predicted molar refractivity (Wildman–Crippen MR) is 78.2 cm³/mol. The fraction of sp³-hybridized carbons (Fsp3) is 0.500. The molecule has 20 heavy (non-hydrogen) atoms.